The zero-order valence-electron chi connectivity index (χ0n) is 15.8. The molecular formula is C23H24N3O2+. The van der Waals surface area contributed by atoms with E-state index < -0.39 is 5.91 Å². The van der Waals surface area contributed by atoms with E-state index >= 15 is 0 Å². The van der Waals surface area contributed by atoms with Gasteiger partial charge in [-0.25, -0.2) is 0 Å². The second-order valence-corrected chi connectivity index (χ2v) is 6.77. The fraction of sp³-hybridized carbons (Fsp3) is 0.130. The molecule has 0 aromatic heterocycles. The Morgan fingerprint density at radius 1 is 0.857 bits per heavy atom. The van der Waals surface area contributed by atoms with Gasteiger partial charge in [0.05, 0.1) is 7.05 Å². The Morgan fingerprint density at radius 3 is 1.82 bits per heavy atom. The van der Waals surface area contributed by atoms with Crippen LogP contribution in [0, 0.1) is 0 Å². The number of nitrogens with one attached hydrogen (secondary N) is 2. The zero-order chi connectivity index (χ0) is 19.9. The van der Waals surface area contributed by atoms with E-state index in [0.29, 0.717) is 17.8 Å². The van der Waals surface area contributed by atoms with Crippen LogP contribution in [0.3, 0.4) is 0 Å². The molecule has 0 bridgehead atoms. The summed E-state index contributed by atoms with van der Waals surface area (Å²) in [6, 6.07) is 27.0. The van der Waals surface area contributed by atoms with Gasteiger partial charge >= 0.3 is 0 Å². The molecule has 0 radical (unpaired) electrons. The minimum Gasteiger partial charge on any atom is -0.366 e. The Kier molecular flexibility index (Phi) is 6.19. The predicted molar refractivity (Wildman–Crippen MR) is 110 cm³/mol. The minimum atomic E-state index is -0.490. The average molecular weight is 374 g/mol. The third-order valence-electron chi connectivity index (χ3n) is 4.65. The highest BCUT2D eigenvalue weighted by Crippen LogP contribution is 2.18. The van der Waals surface area contributed by atoms with Crippen molar-refractivity contribution in [1.82, 2.24) is 0 Å². The smallest absolute Gasteiger partial charge is 0.279 e. The number of hydrogen-bond donors (Lipinski definition) is 3. The van der Waals surface area contributed by atoms with Crippen LogP contribution in [-0.4, -0.2) is 25.4 Å². The third kappa shape index (κ3) is 4.84. The zero-order valence-corrected chi connectivity index (χ0v) is 15.8. The van der Waals surface area contributed by atoms with Crippen molar-refractivity contribution in [2.75, 3.05) is 18.9 Å². The molecule has 0 heterocycles. The Morgan fingerprint density at radius 2 is 1.36 bits per heavy atom. The molecule has 5 heteroatoms. The highest BCUT2D eigenvalue weighted by Gasteiger charge is 2.24. The first-order valence-electron chi connectivity index (χ1n) is 9.16. The molecular weight excluding hydrogens is 350 g/mol. The Labute approximate surface area is 164 Å². The van der Waals surface area contributed by atoms with Crippen molar-refractivity contribution in [1.29, 1.82) is 0 Å². The first kappa shape index (κ1) is 19.3. The van der Waals surface area contributed by atoms with Crippen LogP contribution in [0.15, 0.2) is 84.9 Å². The molecule has 142 valence electrons. The van der Waals surface area contributed by atoms with Crippen molar-refractivity contribution in [2.45, 2.75) is 6.04 Å². The van der Waals surface area contributed by atoms with Crippen molar-refractivity contribution in [3.05, 3.63) is 102 Å². The number of carbonyl (C=O) groups is 2. The summed E-state index contributed by atoms with van der Waals surface area (Å²) in [6.45, 7) is 0.298. The number of carbonyl (C=O) groups excluding carboxylic acids is 2. The highest BCUT2D eigenvalue weighted by molar-refractivity contribution is 5.95. The number of amides is 2. The summed E-state index contributed by atoms with van der Waals surface area (Å²) in [4.78, 5) is 24.8. The molecule has 28 heavy (non-hydrogen) atoms. The largest absolute Gasteiger partial charge is 0.366 e. The van der Waals surface area contributed by atoms with Crippen LogP contribution in [0.2, 0.25) is 0 Å². The van der Waals surface area contributed by atoms with Crippen molar-refractivity contribution in [2.24, 2.45) is 5.73 Å². The minimum absolute atomic E-state index is 0.0467. The van der Waals surface area contributed by atoms with Crippen LogP contribution in [0.1, 0.15) is 27.5 Å². The normalized spacial score (nSPS) is 11.8. The van der Waals surface area contributed by atoms with E-state index in [2.05, 4.69) is 29.6 Å². The van der Waals surface area contributed by atoms with E-state index in [1.807, 2.05) is 43.4 Å². The highest BCUT2D eigenvalue weighted by atomic mass is 16.2. The van der Waals surface area contributed by atoms with E-state index in [1.54, 1.807) is 24.3 Å². The summed E-state index contributed by atoms with van der Waals surface area (Å²) >= 11 is 0. The van der Waals surface area contributed by atoms with Gasteiger partial charge in [-0.3, -0.25) is 9.59 Å². The van der Waals surface area contributed by atoms with Crippen molar-refractivity contribution >= 4 is 17.5 Å². The second kappa shape index (κ2) is 8.97. The van der Waals surface area contributed by atoms with E-state index in [1.165, 1.54) is 0 Å². The molecule has 3 aromatic rings. The monoisotopic (exact) mass is 374 g/mol. The summed E-state index contributed by atoms with van der Waals surface area (Å²) in [6.07, 6.45) is 0. The first-order valence-corrected chi connectivity index (χ1v) is 9.16. The number of quaternary nitrogens is 1. The lowest BCUT2D eigenvalue weighted by molar-refractivity contribution is -0.897. The van der Waals surface area contributed by atoms with Gasteiger partial charge in [0.15, 0.2) is 6.54 Å². The fourth-order valence-electron chi connectivity index (χ4n) is 3.33. The molecule has 0 saturated carbocycles. The lowest BCUT2D eigenvalue weighted by atomic mass is 9.97. The number of primary amides is 1. The summed E-state index contributed by atoms with van der Waals surface area (Å²) < 4.78 is 0. The van der Waals surface area contributed by atoms with Gasteiger partial charge in [-0.1, -0.05) is 60.7 Å². The van der Waals surface area contributed by atoms with Crippen molar-refractivity contribution in [3.8, 4) is 0 Å². The van der Waals surface area contributed by atoms with Crippen LogP contribution in [-0.2, 0) is 4.79 Å². The molecule has 3 aromatic carbocycles. The summed E-state index contributed by atoms with van der Waals surface area (Å²) in [5.41, 5.74) is 8.61. The number of rotatable bonds is 7. The topological polar surface area (TPSA) is 76.6 Å². The van der Waals surface area contributed by atoms with Gasteiger partial charge in [0, 0.05) is 22.4 Å². The number of likely N-dealkylation sites (N-methyl/N-ethyl adjacent to an activating group) is 1. The molecule has 4 N–H and O–H groups in total. The standard InChI is InChI=1S/C23H23N3O2/c1-26(16-21(27)25-20-14-12-19(13-15-20)23(24)28)22(17-8-4-2-5-9-17)18-10-6-3-7-11-18/h2-15,22H,16H2,1H3,(H2,24,28)(H,25,27)/p+1. The molecule has 1 unspecified atom stereocenters. The van der Waals surface area contributed by atoms with E-state index in [4.69, 9.17) is 5.73 Å². The maximum Gasteiger partial charge on any atom is 0.279 e. The summed E-state index contributed by atoms with van der Waals surface area (Å²) in [5.74, 6) is -0.586. The Bertz CT molecular complexity index is 886. The van der Waals surface area contributed by atoms with E-state index in [9.17, 15) is 9.59 Å². The van der Waals surface area contributed by atoms with Crippen LogP contribution in [0.25, 0.3) is 0 Å². The van der Waals surface area contributed by atoms with Gasteiger partial charge in [-0.2, -0.15) is 0 Å². The molecule has 0 spiro atoms. The van der Waals surface area contributed by atoms with Gasteiger partial charge in [0.1, 0.15) is 6.04 Å². The first-order chi connectivity index (χ1) is 13.5. The molecule has 3 rings (SSSR count). The Hall–Kier alpha value is -3.44. The van der Waals surface area contributed by atoms with Gasteiger partial charge < -0.3 is 16.0 Å². The van der Waals surface area contributed by atoms with Gasteiger partial charge in [0.25, 0.3) is 5.91 Å². The van der Waals surface area contributed by atoms with Crippen LogP contribution in [0.5, 0.6) is 0 Å². The molecule has 1 atom stereocenters. The van der Waals surface area contributed by atoms with Crippen molar-refractivity contribution < 1.29 is 14.5 Å². The molecule has 0 fully saturated rings. The number of hydrogen-bond acceptors (Lipinski definition) is 2. The summed E-state index contributed by atoms with van der Waals surface area (Å²) in [5, 5.41) is 2.88. The number of nitrogens with two attached hydrogens (primary N) is 1. The van der Waals surface area contributed by atoms with Crippen molar-refractivity contribution in [3.63, 3.8) is 0 Å². The maximum atomic E-state index is 12.6. The lowest BCUT2D eigenvalue weighted by Gasteiger charge is -2.25. The van der Waals surface area contributed by atoms with Gasteiger partial charge in [0.2, 0.25) is 5.91 Å². The average Bonchev–Trinajstić information content (AvgIpc) is 2.70. The lowest BCUT2D eigenvalue weighted by Crippen LogP contribution is -3.10. The van der Waals surface area contributed by atoms with E-state index in [0.717, 1.165) is 16.0 Å². The quantitative estimate of drug-likeness (QED) is 0.592. The Balaban J connectivity index is 1.73. The molecule has 0 aliphatic carbocycles. The molecule has 0 aliphatic rings. The fourth-order valence-corrected chi connectivity index (χ4v) is 3.33. The number of benzene rings is 3. The molecule has 0 saturated heterocycles. The third-order valence-corrected chi connectivity index (χ3v) is 4.65. The van der Waals surface area contributed by atoms with E-state index in [-0.39, 0.29) is 11.9 Å². The number of anilines is 1. The van der Waals surface area contributed by atoms with Gasteiger partial charge in [-0.05, 0) is 24.3 Å². The van der Waals surface area contributed by atoms with Gasteiger partial charge in [-0.15, -0.1) is 0 Å². The SMILES string of the molecule is C[NH+](CC(=O)Nc1ccc(C(N)=O)cc1)C(c1ccccc1)c1ccccc1. The molecule has 2 amide bonds. The van der Waals surface area contributed by atoms with Crippen LogP contribution < -0.4 is 16.0 Å². The molecule has 5 nitrogen and oxygen atoms in total. The van der Waals surface area contributed by atoms with Crippen LogP contribution >= 0.6 is 0 Å². The van der Waals surface area contributed by atoms with Crippen LogP contribution in [0.4, 0.5) is 5.69 Å². The second-order valence-electron chi connectivity index (χ2n) is 6.77. The maximum absolute atomic E-state index is 12.6. The predicted octanol–water partition coefficient (Wildman–Crippen LogP) is 2.03. The summed E-state index contributed by atoms with van der Waals surface area (Å²) in [7, 11) is 2.01. The molecule has 0 aliphatic heterocycles.